The molecular formula is C15H26N2. The molecule has 0 unspecified atom stereocenters. The number of nitrogens with zero attached hydrogens (tertiary/aromatic N) is 1. The zero-order valence-corrected chi connectivity index (χ0v) is 11.4. The Morgan fingerprint density at radius 3 is 2.35 bits per heavy atom. The summed E-state index contributed by atoms with van der Waals surface area (Å²) in [5.41, 5.74) is 7.32. The van der Waals surface area contributed by atoms with E-state index >= 15 is 0 Å². The summed E-state index contributed by atoms with van der Waals surface area (Å²) in [6.07, 6.45) is 3.65. The Morgan fingerprint density at radius 2 is 1.76 bits per heavy atom. The number of nitrogens with two attached hydrogens (primary N) is 1. The van der Waals surface area contributed by atoms with Gasteiger partial charge in [0.1, 0.15) is 0 Å². The zero-order chi connectivity index (χ0) is 12.7. The third kappa shape index (κ3) is 4.88. The van der Waals surface area contributed by atoms with Gasteiger partial charge in [0.2, 0.25) is 0 Å². The van der Waals surface area contributed by atoms with Crippen LogP contribution in [-0.4, -0.2) is 30.6 Å². The molecule has 2 nitrogen and oxygen atoms in total. The van der Waals surface area contributed by atoms with Crippen molar-refractivity contribution in [3.63, 3.8) is 0 Å². The minimum absolute atomic E-state index is 0.118. The molecule has 0 atom stereocenters. The molecule has 0 aliphatic carbocycles. The first-order valence-corrected chi connectivity index (χ1v) is 6.51. The van der Waals surface area contributed by atoms with Crippen molar-refractivity contribution in [2.75, 3.05) is 20.1 Å². The summed E-state index contributed by atoms with van der Waals surface area (Å²) in [5.74, 6) is 0. The number of likely N-dealkylation sites (N-methyl/N-ethyl adjacent to an activating group) is 1. The van der Waals surface area contributed by atoms with Gasteiger partial charge in [0.25, 0.3) is 0 Å². The smallest absolute Gasteiger partial charge is 0.0272 e. The molecule has 1 rings (SSSR count). The topological polar surface area (TPSA) is 29.3 Å². The molecule has 0 heterocycles. The molecule has 1 aromatic rings. The minimum Gasteiger partial charge on any atom is -0.329 e. The lowest BCUT2D eigenvalue weighted by atomic mass is 10.0. The molecule has 0 aromatic heterocycles. The van der Waals surface area contributed by atoms with Gasteiger partial charge in [-0.25, -0.2) is 0 Å². The molecule has 17 heavy (non-hydrogen) atoms. The molecule has 2 N–H and O–H groups in total. The molecule has 0 spiro atoms. The van der Waals surface area contributed by atoms with Gasteiger partial charge in [-0.3, -0.25) is 4.90 Å². The van der Waals surface area contributed by atoms with Crippen molar-refractivity contribution >= 4 is 0 Å². The SMILES string of the molecule is CN(CCCCc1ccccc1)C(C)(C)CN. The van der Waals surface area contributed by atoms with E-state index in [4.69, 9.17) is 5.73 Å². The van der Waals surface area contributed by atoms with E-state index in [1.807, 2.05) is 0 Å². The van der Waals surface area contributed by atoms with Crippen molar-refractivity contribution in [3.8, 4) is 0 Å². The Labute approximate surface area is 106 Å². The van der Waals surface area contributed by atoms with Gasteiger partial charge in [-0.05, 0) is 52.3 Å². The number of hydrogen-bond acceptors (Lipinski definition) is 2. The second-order valence-corrected chi connectivity index (χ2v) is 5.38. The van der Waals surface area contributed by atoms with Crippen LogP contribution in [0.5, 0.6) is 0 Å². The van der Waals surface area contributed by atoms with Crippen LogP contribution in [0.2, 0.25) is 0 Å². The molecule has 96 valence electrons. The summed E-state index contributed by atoms with van der Waals surface area (Å²) in [4.78, 5) is 2.36. The van der Waals surface area contributed by atoms with Crippen LogP contribution in [0.4, 0.5) is 0 Å². The highest BCUT2D eigenvalue weighted by Gasteiger charge is 2.20. The number of aryl methyl sites for hydroxylation is 1. The maximum atomic E-state index is 5.76. The normalized spacial score (nSPS) is 12.1. The molecule has 0 bridgehead atoms. The third-order valence-electron chi connectivity index (χ3n) is 3.58. The van der Waals surface area contributed by atoms with Crippen molar-refractivity contribution < 1.29 is 0 Å². The lowest BCUT2D eigenvalue weighted by Crippen LogP contribution is -2.47. The van der Waals surface area contributed by atoms with E-state index < -0.39 is 0 Å². The summed E-state index contributed by atoms with van der Waals surface area (Å²) < 4.78 is 0. The highest BCUT2D eigenvalue weighted by Crippen LogP contribution is 2.12. The first-order chi connectivity index (χ1) is 8.06. The number of unbranched alkanes of at least 4 members (excludes halogenated alkanes) is 1. The molecule has 0 aliphatic heterocycles. The van der Waals surface area contributed by atoms with Crippen molar-refractivity contribution in [2.24, 2.45) is 5.73 Å². The molecule has 0 amide bonds. The lowest BCUT2D eigenvalue weighted by molar-refractivity contribution is 0.161. The van der Waals surface area contributed by atoms with Gasteiger partial charge < -0.3 is 5.73 Å². The van der Waals surface area contributed by atoms with Gasteiger partial charge >= 0.3 is 0 Å². The van der Waals surface area contributed by atoms with Crippen molar-refractivity contribution in [2.45, 2.75) is 38.6 Å². The largest absolute Gasteiger partial charge is 0.329 e. The molecule has 0 radical (unpaired) electrons. The van der Waals surface area contributed by atoms with Crippen LogP contribution < -0.4 is 5.73 Å². The van der Waals surface area contributed by atoms with Gasteiger partial charge in [-0.15, -0.1) is 0 Å². The Morgan fingerprint density at radius 1 is 1.12 bits per heavy atom. The molecule has 0 fully saturated rings. The fraction of sp³-hybridized carbons (Fsp3) is 0.600. The van der Waals surface area contributed by atoms with E-state index in [0.29, 0.717) is 6.54 Å². The summed E-state index contributed by atoms with van der Waals surface area (Å²) in [6, 6.07) is 10.7. The fourth-order valence-electron chi connectivity index (χ4n) is 1.78. The Bertz CT molecular complexity index is 306. The average molecular weight is 234 g/mol. The molecule has 2 heteroatoms. The van der Waals surface area contributed by atoms with Crippen LogP contribution in [0.3, 0.4) is 0 Å². The fourth-order valence-corrected chi connectivity index (χ4v) is 1.78. The second kappa shape index (κ2) is 6.77. The Kier molecular flexibility index (Phi) is 5.66. The van der Waals surface area contributed by atoms with Crippen molar-refractivity contribution in [3.05, 3.63) is 35.9 Å². The number of rotatable bonds is 7. The van der Waals surface area contributed by atoms with E-state index in [0.717, 1.165) is 6.54 Å². The van der Waals surface area contributed by atoms with E-state index in [9.17, 15) is 0 Å². The molecule has 0 aliphatic rings. The second-order valence-electron chi connectivity index (χ2n) is 5.38. The molecular weight excluding hydrogens is 208 g/mol. The maximum Gasteiger partial charge on any atom is 0.0272 e. The monoisotopic (exact) mass is 234 g/mol. The number of benzene rings is 1. The van der Waals surface area contributed by atoms with Gasteiger partial charge in [-0.1, -0.05) is 30.3 Å². The Balaban J connectivity index is 2.21. The lowest BCUT2D eigenvalue weighted by Gasteiger charge is -2.34. The van der Waals surface area contributed by atoms with E-state index in [2.05, 4.69) is 56.1 Å². The van der Waals surface area contributed by atoms with Gasteiger partial charge in [-0.2, -0.15) is 0 Å². The van der Waals surface area contributed by atoms with Crippen LogP contribution in [0, 0.1) is 0 Å². The van der Waals surface area contributed by atoms with Crippen LogP contribution in [0.1, 0.15) is 32.3 Å². The first-order valence-electron chi connectivity index (χ1n) is 6.51. The van der Waals surface area contributed by atoms with Crippen LogP contribution in [0.25, 0.3) is 0 Å². The van der Waals surface area contributed by atoms with Crippen molar-refractivity contribution in [1.82, 2.24) is 4.90 Å². The quantitative estimate of drug-likeness (QED) is 0.735. The summed E-state index contributed by atoms with van der Waals surface area (Å²) >= 11 is 0. The average Bonchev–Trinajstić information content (AvgIpc) is 2.35. The minimum atomic E-state index is 0.118. The number of hydrogen-bond donors (Lipinski definition) is 1. The van der Waals surface area contributed by atoms with E-state index in [1.54, 1.807) is 0 Å². The Hall–Kier alpha value is -0.860. The predicted octanol–water partition coefficient (Wildman–Crippen LogP) is 2.68. The molecule has 1 aromatic carbocycles. The summed E-state index contributed by atoms with van der Waals surface area (Å²) in [5, 5.41) is 0. The van der Waals surface area contributed by atoms with Crippen LogP contribution >= 0.6 is 0 Å². The summed E-state index contributed by atoms with van der Waals surface area (Å²) in [7, 11) is 2.16. The van der Waals surface area contributed by atoms with Crippen LogP contribution in [0.15, 0.2) is 30.3 Å². The highest BCUT2D eigenvalue weighted by molar-refractivity contribution is 5.14. The standard InChI is InChI=1S/C15H26N2/c1-15(2,13-16)17(3)12-8-7-11-14-9-5-4-6-10-14/h4-6,9-10H,7-8,11-13,16H2,1-3H3. The third-order valence-corrected chi connectivity index (χ3v) is 3.58. The van der Waals surface area contributed by atoms with Crippen LogP contribution in [-0.2, 0) is 6.42 Å². The summed E-state index contributed by atoms with van der Waals surface area (Å²) in [6.45, 7) is 6.23. The highest BCUT2D eigenvalue weighted by atomic mass is 15.2. The van der Waals surface area contributed by atoms with E-state index in [-0.39, 0.29) is 5.54 Å². The van der Waals surface area contributed by atoms with Crippen molar-refractivity contribution in [1.29, 1.82) is 0 Å². The van der Waals surface area contributed by atoms with E-state index in [1.165, 1.54) is 24.8 Å². The first kappa shape index (κ1) is 14.2. The molecule has 0 saturated carbocycles. The van der Waals surface area contributed by atoms with Gasteiger partial charge in [0.05, 0.1) is 0 Å². The molecule has 0 saturated heterocycles. The maximum absolute atomic E-state index is 5.76. The van der Waals surface area contributed by atoms with Gasteiger partial charge in [0, 0.05) is 12.1 Å². The predicted molar refractivity (Wildman–Crippen MR) is 75.1 cm³/mol. The van der Waals surface area contributed by atoms with Gasteiger partial charge in [0.15, 0.2) is 0 Å². The zero-order valence-electron chi connectivity index (χ0n) is 11.4.